The Hall–Kier alpha value is -0.810. The lowest BCUT2D eigenvalue weighted by atomic mass is 10.2. The average molecular weight is 286 g/mol. The van der Waals surface area contributed by atoms with Gasteiger partial charge in [-0.05, 0) is 30.5 Å². The van der Waals surface area contributed by atoms with Crippen molar-refractivity contribution in [1.29, 1.82) is 0 Å². The van der Waals surface area contributed by atoms with Crippen LogP contribution in [-0.2, 0) is 22.9 Å². The van der Waals surface area contributed by atoms with Crippen LogP contribution in [0, 0.1) is 5.92 Å². The van der Waals surface area contributed by atoms with Gasteiger partial charge < -0.3 is 9.88 Å². The fraction of sp³-hybridized carbons (Fsp3) is 0.714. The van der Waals surface area contributed by atoms with Crippen LogP contribution in [0.25, 0.3) is 0 Å². The predicted molar refractivity (Wildman–Crippen MR) is 79.9 cm³/mol. The summed E-state index contributed by atoms with van der Waals surface area (Å²) >= 11 is 0. The van der Waals surface area contributed by atoms with Crippen LogP contribution in [0.3, 0.4) is 0 Å². The number of aromatic nitrogens is 1. The summed E-state index contributed by atoms with van der Waals surface area (Å²) in [6.07, 6.45) is 4.67. The maximum absolute atomic E-state index is 11.6. The highest BCUT2D eigenvalue weighted by molar-refractivity contribution is 7.91. The van der Waals surface area contributed by atoms with Gasteiger partial charge in [0.2, 0.25) is 0 Å². The summed E-state index contributed by atoms with van der Waals surface area (Å²) in [5.74, 6) is 1.16. The molecule has 0 atom stereocenters. The molecule has 1 rings (SSSR count). The summed E-state index contributed by atoms with van der Waals surface area (Å²) < 4.78 is 25.2. The van der Waals surface area contributed by atoms with Crippen molar-refractivity contribution in [3.63, 3.8) is 0 Å². The first-order valence-electron chi connectivity index (χ1n) is 6.98. The lowest BCUT2D eigenvalue weighted by molar-refractivity contribution is 0.552. The normalized spacial score (nSPS) is 12.2. The van der Waals surface area contributed by atoms with E-state index in [4.69, 9.17) is 0 Å². The second kappa shape index (κ2) is 7.70. The summed E-state index contributed by atoms with van der Waals surface area (Å²) in [5.41, 5.74) is 1.20. The lowest BCUT2D eigenvalue weighted by Gasteiger charge is -2.06. The van der Waals surface area contributed by atoms with E-state index in [9.17, 15) is 8.42 Å². The standard InChI is InChI=1S/C14H26N2O2S/c1-4-8-19(17,18)9-7-16-6-5-14(12-16)11-15-10-13(2)3/h5-6,12-13,15H,4,7-11H2,1-3H3. The van der Waals surface area contributed by atoms with Crippen molar-refractivity contribution in [2.45, 2.75) is 40.3 Å². The molecule has 0 unspecified atom stereocenters. The van der Waals surface area contributed by atoms with E-state index >= 15 is 0 Å². The quantitative estimate of drug-likeness (QED) is 0.756. The number of rotatable bonds is 9. The summed E-state index contributed by atoms with van der Waals surface area (Å²) in [7, 11) is -2.89. The molecular formula is C14H26N2O2S. The molecule has 5 heteroatoms. The van der Waals surface area contributed by atoms with Crippen LogP contribution in [-0.4, -0.2) is 31.0 Å². The molecule has 0 saturated heterocycles. The zero-order valence-corrected chi connectivity index (χ0v) is 13.0. The van der Waals surface area contributed by atoms with Crippen LogP contribution in [0.4, 0.5) is 0 Å². The van der Waals surface area contributed by atoms with Gasteiger partial charge in [0, 0.05) is 31.2 Å². The minimum atomic E-state index is -2.89. The molecular weight excluding hydrogens is 260 g/mol. The Bertz CT molecular complexity index is 464. The molecule has 4 nitrogen and oxygen atoms in total. The molecule has 110 valence electrons. The van der Waals surface area contributed by atoms with Crippen molar-refractivity contribution in [3.8, 4) is 0 Å². The lowest BCUT2D eigenvalue weighted by Crippen LogP contribution is -2.18. The predicted octanol–water partition coefficient (Wildman–Crippen LogP) is 2.06. The first kappa shape index (κ1) is 16.2. The summed E-state index contributed by atoms with van der Waals surface area (Å²) in [6.45, 7) is 8.63. The third-order valence-corrected chi connectivity index (χ3v) is 4.70. The van der Waals surface area contributed by atoms with Crippen molar-refractivity contribution in [2.24, 2.45) is 5.92 Å². The topological polar surface area (TPSA) is 51.1 Å². The van der Waals surface area contributed by atoms with Crippen molar-refractivity contribution < 1.29 is 8.42 Å². The van der Waals surface area contributed by atoms with Crippen LogP contribution in [0.1, 0.15) is 32.8 Å². The number of aryl methyl sites for hydroxylation is 1. The van der Waals surface area contributed by atoms with Gasteiger partial charge in [-0.3, -0.25) is 0 Å². The molecule has 1 heterocycles. The van der Waals surface area contributed by atoms with Gasteiger partial charge in [-0.15, -0.1) is 0 Å². The molecule has 0 fully saturated rings. The molecule has 0 aromatic carbocycles. The summed E-state index contributed by atoms with van der Waals surface area (Å²) in [6, 6.07) is 2.04. The van der Waals surface area contributed by atoms with E-state index in [1.165, 1.54) is 5.56 Å². The van der Waals surface area contributed by atoms with E-state index in [0.717, 1.165) is 13.1 Å². The van der Waals surface area contributed by atoms with Gasteiger partial charge in [-0.1, -0.05) is 20.8 Å². The first-order valence-corrected chi connectivity index (χ1v) is 8.81. The van der Waals surface area contributed by atoms with Gasteiger partial charge in [0.25, 0.3) is 0 Å². The molecule has 1 aromatic rings. The highest BCUT2D eigenvalue weighted by atomic mass is 32.2. The fourth-order valence-electron chi connectivity index (χ4n) is 1.90. The highest BCUT2D eigenvalue weighted by Crippen LogP contribution is 2.03. The molecule has 0 bridgehead atoms. The second-order valence-electron chi connectivity index (χ2n) is 5.43. The molecule has 0 radical (unpaired) electrons. The first-order chi connectivity index (χ1) is 8.93. The van der Waals surface area contributed by atoms with Gasteiger partial charge >= 0.3 is 0 Å². The van der Waals surface area contributed by atoms with Crippen molar-refractivity contribution in [3.05, 3.63) is 24.0 Å². The van der Waals surface area contributed by atoms with Gasteiger partial charge in [0.15, 0.2) is 9.84 Å². The molecule has 0 aliphatic rings. The molecule has 1 N–H and O–H groups in total. The largest absolute Gasteiger partial charge is 0.353 e. The van der Waals surface area contributed by atoms with Gasteiger partial charge in [0.05, 0.1) is 5.75 Å². The van der Waals surface area contributed by atoms with Crippen LogP contribution in [0.2, 0.25) is 0 Å². The Morgan fingerprint density at radius 1 is 1.32 bits per heavy atom. The monoisotopic (exact) mass is 286 g/mol. The van der Waals surface area contributed by atoms with Crippen LogP contribution >= 0.6 is 0 Å². The molecule has 0 saturated carbocycles. The van der Waals surface area contributed by atoms with Crippen LogP contribution in [0.5, 0.6) is 0 Å². The third kappa shape index (κ3) is 6.78. The van der Waals surface area contributed by atoms with E-state index in [0.29, 0.717) is 18.9 Å². The van der Waals surface area contributed by atoms with Crippen molar-refractivity contribution in [2.75, 3.05) is 18.1 Å². The molecule has 0 spiro atoms. The second-order valence-corrected chi connectivity index (χ2v) is 7.74. The fourth-order valence-corrected chi connectivity index (χ4v) is 3.21. The van der Waals surface area contributed by atoms with Crippen LogP contribution < -0.4 is 5.32 Å². The number of sulfone groups is 1. The van der Waals surface area contributed by atoms with Gasteiger partial charge in [-0.2, -0.15) is 0 Å². The average Bonchev–Trinajstić information content (AvgIpc) is 2.74. The highest BCUT2D eigenvalue weighted by Gasteiger charge is 2.09. The number of hydrogen-bond donors (Lipinski definition) is 1. The number of nitrogens with zero attached hydrogens (tertiary/aromatic N) is 1. The minimum absolute atomic E-state index is 0.231. The van der Waals surface area contributed by atoms with E-state index < -0.39 is 9.84 Å². The van der Waals surface area contributed by atoms with E-state index in [1.54, 1.807) is 0 Å². The third-order valence-electron chi connectivity index (χ3n) is 2.87. The van der Waals surface area contributed by atoms with E-state index in [2.05, 4.69) is 19.2 Å². The molecule has 1 aromatic heterocycles. The Labute approximate surface area is 117 Å². The Morgan fingerprint density at radius 3 is 2.68 bits per heavy atom. The SMILES string of the molecule is CCCS(=O)(=O)CCn1ccc(CNCC(C)C)c1. The smallest absolute Gasteiger partial charge is 0.152 e. The zero-order chi connectivity index (χ0) is 14.3. The summed E-state index contributed by atoms with van der Waals surface area (Å²) in [4.78, 5) is 0. The van der Waals surface area contributed by atoms with E-state index in [-0.39, 0.29) is 11.5 Å². The Morgan fingerprint density at radius 2 is 2.05 bits per heavy atom. The van der Waals surface area contributed by atoms with Gasteiger partial charge in [-0.25, -0.2) is 8.42 Å². The zero-order valence-electron chi connectivity index (χ0n) is 12.2. The minimum Gasteiger partial charge on any atom is -0.353 e. The van der Waals surface area contributed by atoms with Crippen molar-refractivity contribution >= 4 is 9.84 Å². The Kier molecular flexibility index (Phi) is 6.58. The van der Waals surface area contributed by atoms with E-state index in [1.807, 2.05) is 30.0 Å². The Balaban J connectivity index is 2.38. The maximum atomic E-state index is 11.6. The van der Waals surface area contributed by atoms with Crippen LogP contribution in [0.15, 0.2) is 18.5 Å². The number of hydrogen-bond acceptors (Lipinski definition) is 3. The molecule has 0 amide bonds. The molecule has 0 aliphatic carbocycles. The maximum Gasteiger partial charge on any atom is 0.152 e. The number of nitrogens with one attached hydrogen (secondary N) is 1. The summed E-state index contributed by atoms with van der Waals surface area (Å²) in [5, 5.41) is 3.38. The van der Waals surface area contributed by atoms with Gasteiger partial charge in [0.1, 0.15) is 0 Å². The molecule has 0 aliphatic heterocycles. The van der Waals surface area contributed by atoms with Crippen molar-refractivity contribution in [1.82, 2.24) is 9.88 Å². The molecule has 19 heavy (non-hydrogen) atoms.